The number of carbonyl (C=O) groups is 2. The molecule has 0 atom stereocenters. The standard InChI is InChI=1S/C26H39N3O4S/c1-2-3-4-5-6-7-8-9-10-11-15-28-26(32)23-14-12-13-22(18-23)19-29(33-21-25(30)31)20-24-27-16-17-34-24/h12-14,16-18H,2-11,15,19-21H2,1H3,(H,28,32)(H,30,31). The van der Waals surface area contributed by atoms with Crippen LogP contribution in [0.5, 0.6) is 0 Å². The lowest BCUT2D eigenvalue weighted by Crippen LogP contribution is -2.27. The van der Waals surface area contributed by atoms with Crippen LogP contribution >= 0.6 is 11.3 Å². The van der Waals surface area contributed by atoms with Crippen LogP contribution in [0.1, 0.15) is 92.1 Å². The fourth-order valence-corrected chi connectivity index (χ4v) is 4.33. The Balaban J connectivity index is 1.71. The SMILES string of the molecule is CCCCCCCCCCCCNC(=O)c1cccc(CN(Cc2nccs2)OCC(=O)O)c1. The summed E-state index contributed by atoms with van der Waals surface area (Å²) in [5.41, 5.74) is 1.46. The number of amides is 1. The second-order valence-corrected chi connectivity index (χ2v) is 9.51. The zero-order valence-electron chi connectivity index (χ0n) is 20.3. The minimum absolute atomic E-state index is 0.0873. The van der Waals surface area contributed by atoms with E-state index in [-0.39, 0.29) is 5.91 Å². The number of aromatic nitrogens is 1. The Labute approximate surface area is 207 Å². The zero-order chi connectivity index (χ0) is 24.4. The molecular weight excluding hydrogens is 450 g/mol. The van der Waals surface area contributed by atoms with E-state index in [0.717, 1.165) is 23.4 Å². The molecule has 1 aromatic carbocycles. The molecule has 1 aromatic heterocycles. The van der Waals surface area contributed by atoms with E-state index in [1.807, 2.05) is 23.6 Å². The van der Waals surface area contributed by atoms with E-state index in [1.165, 1.54) is 62.7 Å². The fourth-order valence-electron chi connectivity index (χ4n) is 3.71. The van der Waals surface area contributed by atoms with Crippen molar-refractivity contribution in [1.29, 1.82) is 0 Å². The number of carboxylic acids is 1. The van der Waals surface area contributed by atoms with E-state index in [9.17, 15) is 9.59 Å². The number of hydroxylamine groups is 2. The molecule has 0 aliphatic rings. The number of nitrogens with one attached hydrogen (secondary N) is 1. The van der Waals surface area contributed by atoms with E-state index in [0.29, 0.717) is 25.2 Å². The lowest BCUT2D eigenvalue weighted by molar-refractivity contribution is -0.190. The molecule has 2 rings (SSSR count). The van der Waals surface area contributed by atoms with Crippen LogP contribution in [-0.4, -0.2) is 40.2 Å². The minimum atomic E-state index is -1.04. The largest absolute Gasteiger partial charge is 0.479 e. The summed E-state index contributed by atoms with van der Waals surface area (Å²) in [6.07, 6.45) is 14.4. The predicted molar refractivity (Wildman–Crippen MR) is 136 cm³/mol. The van der Waals surface area contributed by atoms with E-state index in [4.69, 9.17) is 9.94 Å². The second kappa shape index (κ2) is 17.2. The molecule has 188 valence electrons. The maximum absolute atomic E-state index is 12.6. The van der Waals surface area contributed by atoms with Crippen molar-refractivity contribution in [3.63, 3.8) is 0 Å². The molecule has 0 bridgehead atoms. The molecule has 0 unspecified atom stereocenters. The number of benzene rings is 1. The van der Waals surface area contributed by atoms with Gasteiger partial charge in [0.25, 0.3) is 5.91 Å². The maximum Gasteiger partial charge on any atom is 0.331 e. The molecule has 2 N–H and O–H groups in total. The van der Waals surface area contributed by atoms with Crippen LogP contribution in [0, 0.1) is 0 Å². The van der Waals surface area contributed by atoms with Crippen molar-refractivity contribution in [3.8, 4) is 0 Å². The summed E-state index contributed by atoms with van der Waals surface area (Å²) in [6, 6.07) is 7.36. The normalized spacial score (nSPS) is 11.1. The predicted octanol–water partition coefficient (Wildman–Crippen LogP) is 5.81. The van der Waals surface area contributed by atoms with E-state index < -0.39 is 12.6 Å². The quantitative estimate of drug-likeness (QED) is 0.191. The average Bonchev–Trinajstić information content (AvgIpc) is 3.34. The number of carbonyl (C=O) groups excluding carboxylic acids is 1. The van der Waals surface area contributed by atoms with Gasteiger partial charge in [0.2, 0.25) is 0 Å². The number of unbranched alkanes of at least 4 members (excludes halogenated alkanes) is 9. The minimum Gasteiger partial charge on any atom is -0.479 e. The van der Waals surface area contributed by atoms with Gasteiger partial charge < -0.3 is 10.4 Å². The van der Waals surface area contributed by atoms with Crippen molar-refractivity contribution in [3.05, 3.63) is 52.0 Å². The van der Waals surface area contributed by atoms with Gasteiger partial charge >= 0.3 is 5.97 Å². The first kappa shape index (κ1) is 28.0. The molecule has 7 nitrogen and oxygen atoms in total. The molecule has 0 fully saturated rings. The Bertz CT molecular complexity index is 829. The zero-order valence-corrected chi connectivity index (χ0v) is 21.2. The van der Waals surface area contributed by atoms with Crippen molar-refractivity contribution in [2.45, 2.75) is 84.2 Å². The van der Waals surface area contributed by atoms with Gasteiger partial charge in [-0.1, -0.05) is 76.8 Å². The third-order valence-electron chi connectivity index (χ3n) is 5.53. The summed E-state index contributed by atoms with van der Waals surface area (Å²) in [7, 11) is 0. The molecule has 34 heavy (non-hydrogen) atoms. The van der Waals surface area contributed by atoms with E-state index in [2.05, 4.69) is 17.2 Å². The third-order valence-corrected chi connectivity index (χ3v) is 6.29. The Hall–Kier alpha value is -2.29. The number of thiazole rings is 1. The van der Waals surface area contributed by atoms with Crippen LogP contribution in [0.25, 0.3) is 0 Å². The molecule has 0 aliphatic carbocycles. The van der Waals surface area contributed by atoms with Crippen LogP contribution < -0.4 is 5.32 Å². The number of hydrogen-bond donors (Lipinski definition) is 2. The molecule has 8 heteroatoms. The Morgan fingerprint density at radius 1 is 1.03 bits per heavy atom. The van der Waals surface area contributed by atoms with Crippen molar-refractivity contribution < 1.29 is 19.5 Å². The third kappa shape index (κ3) is 12.3. The summed E-state index contributed by atoms with van der Waals surface area (Å²) >= 11 is 1.48. The van der Waals surface area contributed by atoms with Crippen molar-refractivity contribution in [2.75, 3.05) is 13.2 Å². The van der Waals surface area contributed by atoms with Crippen LogP contribution in [0.2, 0.25) is 0 Å². The monoisotopic (exact) mass is 489 g/mol. The summed E-state index contributed by atoms with van der Waals surface area (Å²) in [5, 5.41) is 16.2. The smallest absolute Gasteiger partial charge is 0.331 e. The molecular formula is C26H39N3O4S. The van der Waals surface area contributed by atoms with Crippen LogP contribution in [0.3, 0.4) is 0 Å². The Morgan fingerprint density at radius 3 is 2.38 bits per heavy atom. The Kier molecular flexibility index (Phi) is 14.1. The van der Waals surface area contributed by atoms with Crippen molar-refractivity contribution in [1.82, 2.24) is 15.4 Å². The first-order chi connectivity index (χ1) is 16.6. The number of rotatable bonds is 19. The van der Waals surface area contributed by atoms with Gasteiger partial charge in [0, 0.05) is 30.2 Å². The lowest BCUT2D eigenvalue weighted by atomic mass is 10.1. The highest BCUT2D eigenvalue weighted by molar-refractivity contribution is 7.09. The lowest BCUT2D eigenvalue weighted by Gasteiger charge is -2.20. The fraction of sp³-hybridized carbons (Fsp3) is 0.577. The molecule has 2 aromatic rings. The van der Waals surface area contributed by atoms with Crippen molar-refractivity contribution in [2.24, 2.45) is 0 Å². The van der Waals surface area contributed by atoms with Gasteiger partial charge in [-0.15, -0.1) is 11.3 Å². The van der Waals surface area contributed by atoms with Gasteiger partial charge in [-0.05, 0) is 24.1 Å². The maximum atomic E-state index is 12.6. The first-order valence-corrected chi connectivity index (χ1v) is 13.3. The highest BCUT2D eigenvalue weighted by atomic mass is 32.1. The molecule has 1 heterocycles. The molecule has 1 amide bonds. The van der Waals surface area contributed by atoms with Gasteiger partial charge in [-0.25, -0.2) is 9.78 Å². The highest BCUT2D eigenvalue weighted by Crippen LogP contribution is 2.14. The second-order valence-electron chi connectivity index (χ2n) is 8.53. The summed E-state index contributed by atoms with van der Waals surface area (Å²) < 4.78 is 0. The summed E-state index contributed by atoms with van der Waals surface area (Å²) in [6.45, 7) is 3.23. The molecule has 0 aliphatic heterocycles. The topological polar surface area (TPSA) is 91.8 Å². The molecule has 0 spiro atoms. The summed E-state index contributed by atoms with van der Waals surface area (Å²) in [4.78, 5) is 33.2. The van der Waals surface area contributed by atoms with Crippen molar-refractivity contribution >= 4 is 23.2 Å². The molecule has 0 radical (unpaired) electrons. The molecule has 0 saturated carbocycles. The number of carboxylic acid groups (broad SMARTS) is 1. The van der Waals surface area contributed by atoms with E-state index in [1.54, 1.807) is 17.3 Å². The number of nitrogens with zero attached hydrogens (tertiary/aromatic N) is 2. The van der Waals surface area contributed by atoms with Gasteiger partial charge in [0.15, 0.2) is 6.61 Å². The van der Waals surface area contributed by atoms with Gasteiger partial charge in [0.05, 0.1) is 6.54 Å². The number of hydrogen-bond acceptors (Lipinski definition) is 6. The van der Waals surface area contributed by atoms with E-state index >= 15 is 0 Å². The number of aliphatic carboxylic acids is 1. The van der Waals surface area contributed by atoms with Gasteiger partial charge in [-0.3, -0.25) is 9.63 Å². The highest BCUT2D eigenvalue weighted by Gasteiger charge is 2.13. The van der Waals surface area contributed by atoms with Crippen LogP contribution in [0.4, 0.5) is 0 Å². The van der Waals surface area contributed by atoms with Crippen LogP contribution in [0.15, 0.2) is 35.8 Å². The first-order valence-electron chi connectivity index (χ1n) is 12.4. The summed E-state index contributed by atoms with van der Waals surface area (Å²) in [5.74, 6) is -1.13. The Morgan fingerprint density at radius 2 is 1.74 bits per heavy atom. The molecule has 0 saturated heterocycles. The van der Waals surface area contributed by atoms with Crippen LogP contribution in [-0.2, 0) is 22.7 Å². The van der Waals surface area contributed by atoms with Gasteiger partial charge in [0.1, 0.15) is 5.01 Å². The van der Waals surface area contributed by atoms with Gasteiger partial charge in [-0.2, -0.15) is 5.06 Å². The average molecular weight is 490 g/mol.